The van der Waals surface area contributed by atoms with Gasteiger partial charge in [-0.2, -0.15) is 0 Å². The van der Waals surface area contributed by atoms with Crippen molar-refractivity contribution >= 4 is 24.1 Å². The first-order chi connectivity index (χ1) is 4.88. The van der Waals surface area contributed by atoms with Gasteiger partial charge in [0.15, 0.2) is 0 Å². The van der Waals surface area contributed by atoms with Gasteiger partial charge in [0.05, 0.1) is 0 Å². The molecule has 2 rings (SSSR count). The van der Waals surface area contributed by atoms with Crippen molar-refractivity contribution < 1.29 is 0 Å². The molecule has 0 saturated heterocycles. The number of rotatable bonds is 0. The summed E-state index contributed by atoms with van der Waals surface area (Å²) < 4.78 is 0.954. The number of hydrogen-bond acceptors (Lipinski definition) is 1. The number of hydrogen-bond donors (Lipinski definition) is 1. The topological polar surface area (TPSA) is 32.9 Å². The van der Waals surface area contributed by atoms with Crippen LogP contribution >= 0.6 is 0 Å². The molecule has 50 valence electrons. The molecule has 0 atom stereocenters. The van der Waals surface area contributed by atoms with Gasteiger partial charge in [0, 0.05) is 0 Å². The van der Waals surface area contributed by atoms with E-state index in [1.165, 1.54) is 0 Å². The van der Waals surface area contributed by atoms with Crippen LogP contribution in [0, 0.1) is 0 Å². The summed E-state index contributed by atoms with van der Waals surface area (Å²) in [5.74, 6) is 0. The van der Waals surface area contributed by atoms with E-state index in [4.69, 9.17) is 0 Å². The van der Waals surface area contributed by atoms with Gasteiger partial charge >= 0.3 is 62.8 Å². The Morgan fingerprint density at radius 2 is 2.30 bits per heavy atom. The summed E-state index contributed by atoms with van der Waals surface area (Å²) in [6, 6.07) is 3.94. The second-order valence-electron chi connectivity index (χ2n) is 2.01. The molecule has 0 radical (unpaired) electrons. The monoisotopic (exact) mass is 199 g/mol. The van der Waals surface area contributed by atoms with Gasteiger partial charge in [-0.25, -0.2) is 0 Å². The predicted octanol–water partition coefficient (Wildman–Crippen LogP) is 0.585. The molecule has 3 heteroatoms. The van der Waals surface area contributed by atoms with Crippen molar-refractivity contribution in [1.82, 2.24) is 4.98 Å². The summed E-state index contributed by atoms with van der Waals surface area (Å²) in [5, 5.41) is 1.09. The molecule has 0 aliphatic carbocycles. The van der Waals surface area contributed by atoms with Gasteiger partial charge in [-0.1, -0.05) is 0 Å². The maximum absolute atomic E-state index is 11.0. The number of aromatic amines is 1. The van der Waals surface area contributed by atoms with E-state index in [1.54, 1.807) is 6.20 Å². The molecule has 0 fully saturated rings. The Morgan fingerprint density at radius 3 is 3.10 bits per heavy atom. The average molecular weight is 198 g/mol. The fraction of sp³-hybridized carbons (Fsp3) is 0. The third-order valence-electron chi connectivity index (χ3n) is 1.38. The SMILES string of the molecule is O=c1[nH]ccc2cc[se]c12. The normalized spacial score (nSPS) is 10.4. The van der Waals surface area contributed by atoms with Gasteiger partial charge in [0.25, 0.3) is 0 Å². The van der Waals surface area contributed by atoms with E-state index >= 15 is 0 Å². The van der Waals surface area contributed by atoms with Crippen molar-refractivity contribution in [3.63, 3.8) is 0 Å². The Labute approximate surface area is 63.3 Å². The number of pyridine rings is 1. The van der Waals surface area contributed by atoms with Crippen molar-refractivity contribution in [3.8, 4) is 0 Å². The molecule has 0 spiro atoms. The summed E-state index contributed by atoms with van der Waals surface area (Å²) in [5.41, 5.74) is 0.0718. The molecule has 0 aromatic carbocycles. The van der Waals surface area contributed by atoms with Gasteiger partial charge in [-0.3, -0.25) is 0 Å². The van der Waals surface area contributed by atoms with Crippen LogP contribution in [0.1, 0.15) is 0 Å². The second kappa shape index (κ2) is 2.11. The third kappa shape index (κ3) is 0.753. The molecule has 2 nitrogen and oxygen atoms in total. The van der Waals surface area contributed by atoms with Crippen molar-refractivity contribution in [2.24, 2.45) is 0 Å². The van der Waals surface area contributed by atoms with Gasteiger partial charge in [0.1, 0.15) is 0 Å². The van der Waals surface area contributed by atoms with Crippen LogP contribution in [0.2, 0.25) is 0 Å². The number of fused-ring (bicyclic) bond motifs is 1. The number of nitrogens with one attached hydrogen (secondary N) is 1. The fourth-order valence-electron chi connectivity index (χ4n) is 0.908. The first kappa shape index (κ1) is 5.95. The number of aromatic nitrogens is 1. The van der Waals surface area contributed by atoms with Crippen molar-refractivity contribution in [2.75, 3.05) is 0 Å². The zero-order chi connectivity index (χ0) is 6.97. The molecule has 10 heavy (non-hydrogen) atoms. The van der Waals surface area contributed by atoms with Crippen molar-refractivity contribution in [1.29, 1.82) is 0 Å². The molecule has 0 saturated carbocycles. The van der Waals surface area contributed by atoms with E-state index in [9.17, 15) is 4.79 Å². The molecule has 0 bridgehead atoms. The quantitative estimate of drug-likeness (QED) is 0.617. The van der Waals surface area contributed by atoms with Crippen LogP contribution in [-0.2, 0) is 0 Å². The molecule has 0 aliphatic heterocycles. The van der Waals surface area contributed by atoms with Gasteiger partial charge in [0.2, 0.25) is 0 Å². The zero-order valence-electron chi connectivity index (χ0n) is 5.13. The summed E-state index contributed by atoms with van der Waals surface area (Å²) in [4.78, 5) is 15.7. The van der Waals surface area contributed by atoms with E-state index in [0.717, 1.165) is 9.65 Å². The van der Waals surface area contributed by atoms with Crippen LogP contribution < -0.4 is 5.56 Å². The van der Waals surface area contributed by atoms with Crippen LogP contribution in [0.5, 0.6) is 0 Å². The summed E-state index contributed by atoms with van der Waals surface area (Å²) >= 11 is 0.268. The second-order valence-corrected chi connectivity index (χ2v) is 3.93. The molecule has 2 heterocycles. The Balaban J connectivity index is 3.09. The van der Waals surface area contributed by atoms with Crippen molar-refractivity contribution in [2.45, 2.75) is 0 Å². The molecular formula is C7H5NOSe. The Hall–Kier alpha value is -0.791. The first-order valence-corrected chi connectivity index (χ1v) is 4.77. The molecule has 1 N–H and O–H groups in total. The van der Waals surface area contributed by atoms with Crippen LogP contribution in [0.15, 0.2) is 28.1 Å². The standard InChI is InChI=1S/C7H5NOSe/c9-7-6-5(1-3-8-7)2-4-10-6/h1-4H,(H,8,9). The van der Waals surface area contributed by atoms with Crippen molar-refractivity contribution in [3.05, 3.63) is 33.6 Å². The van der Waals surface area contributed by atoms with Crippen LogP contribution in [0.3, 0.4) is 0 Å². The third-order valence-corrected chi connectivity index (χ3v) is 3.33. The summed E-state index contributed by atoms with van der Waals surface area (Å²) in [7, 11) is 0. The molecule has 0 amide bonds. The predicted molar refractivity (Wildman–Crippen MR) is 41.5 cm³/mol. The summed E-state index contributed by atoms with van der Waals surface area (Å²) in [6.45, 7) is 0. The summed E-state index contributed by atoms with van der Waals surface area (Å²) in [6.07, 6.45) is 1.69. The zero-order valence-corrected chi connectivity index (χ0v) is 6.84. The minimum atomic E-state index is 0.0718. The van der Waals surface area contributed by atoms with Gasteiger partial charge < -0.3 is 0 Å². The molecular weight excluding hydrogens is 193 g/mol. The van der Waals surface area contributed by atoms with Crippen LogP contribution in [-0.4, -0.2) is 19.5 Å². The van der Waals surface area contributed by atoms with Gasteiger partial charge in [-0.05, 0) is 0 Å². The molecule has 2 aromatic rings. The van der Waals surface area contributed by atoms with E-state index < -0.39 is 0 Å². The maximum atomic E-state index is 11.0. The molecule has 0 aliphatic rings. The van der Waals surface area contributed by atoms with E-state index in [0.29, 0.717) is 0 Å². The van der Waals surface area contributed by atoms with E-state index in [-0.39, 0.29) is 20.1 Å². The molecule has 0 unspecified atom stereocenters. The van der Waals surface area contributed by atoms with Crippen LogP contribution in [0.4, 0.5) is 0 Å². The van der Waals surface area contributed by atoms with E-state index in [2.05, 4.69) is 9.92 Å². The molecule has 2 aromatic heterocycles. The first-order valence-electron chi connectivity index (χ1n) is 2.93. The minimum absolute atomic E-state index is 0.0718. The van der Waals surface area contributed by atoms with E-state index in [1.807, 2.05) is 12.1 Å². The Kier molecular flexibility index (Phi) is 1.26. The Bertz CT molecular complexity index is 401. The fourth-order valence-corrected chi connectivity index (χ4v) is 2.56. The van der Waals surface area contributed by atoms with Gasteiger partial charge in [-0.15, -0.1) is 0 Å². The Morgan fingerprint density at radius 1 is 1.40 bits per heavy atom. The van der Waals surface area contributed by atoms with Crippen LogP contribution in [0.25, 0.3) is 9.65 Å². The number of H-pyrrole nitrogens is 1. The average Bonchev–Trinajstić information content (AvgIpc) is 2.36.